The van der Waals surface area contributed by atoms with Gasteiger partial charge in [0.2, 0.25) is 5.91 Å². The minimum absolute atomic E-state index is 0.150. The van der Waals surface area contributed by atoms with Crippen LogP contribution in [0.1, 0.15) is 32.6 Å². The minimum atomic E-state index is 0.150. The van der Waals surface area contributed by atoms with E-state index in [1.807, 2.05) is 6.92 Å². The summed E-state index contributed by atoms with van der Waals surface area (Å²) >= 11 is 0. The Morgan fingerprint density at radius 3 is 2.83 bits per heavy atom. The van der Waals surface area contributed by atoms with Crippen LogP contribution >= 0.6 is 0 Å². The lowest BCUT2D eigenvalue weighted by molar-refractivity contribution is -0.121. The summed E-state index contributed by atoms with van der Waals surface area (Å²) in [4.78, 5) is 11.0. The first-order valence-electron chi connectivity index (χ1n) is 4.58. The molecule has 0 radical (unpaired) electrons. The van der Waals surface area contributed by atoms with Gasteiger partial charge in [0.15, 0.2) is 0 Å². The molecule has 1 aliphatic rings. The van der Waals surface area contributed by atoms with E-state index < -0.39 is 0 Å². The standard InChI is InChI=1S/C9H17NO2/c1-3-9(11)10-7-4-5-8(6-7)12-2/h7-8H,3-6H2,1-2H3,(H,10,11)/t7-,8-/m0/s1. The molecule has 0 saturated heterocycles. The molecular weight excluding hydrogens is 154 g/mol. The minimum Gasteiger partial charge on any atom is -0.381 e. The molecule has 2 atom stereocenters. The fourth-order valence-electron chi connectivity index (χ4n) is 1.62. The lowest BCUT2D eigenvalue weighted by Gasteiger charge is -2.11. The molecule has 1 aliphatic carbocycles. The van der Waals surface area contributed by atoms with Gasteiger partial charge in [-0.1, -0.05) is 6.92 Å². The maximum absolute atomic E-state index is 11.0. The van der Waals surface area contributed by atoms with Gasteiger partial charge in [0.05, 0.1) is 6.10 Å². The fraction of sp³-hybridized carbons (Fsp3) is 0.889. The van der Waals surface area contributed by atoms with E-state index in [1.165, 1.54) is 0 Å². The number of rotatable bonds is 3. The van der Waals surface area contributed by atoms with Crippen LogP contribution in [0, 0.1) is 0 Å². The van der Waals surface area contributed by atoms with E-state index in [0.29, 0.717) is 18.6 Å². The van der Waals surface area contributed by atoms with Crippen molar-refractivity contribution in [2.24, 2.45) is 0 Å². The highest BCUT2D eigenvalue weighted by Crippen LogP contribution is 2.21. The van der Waals surface area contributed by atoms with Gasteiger partial charge in [-0.3, -0.25) is 4.79 Å². The largest absolute Gasteiger partial charge is 0.381 e. The van der Waals surface area contributed by atoms with Gasteiger partial charge in [0.25, 0.3) is 0 Å². The fourth-order valence-corrected chi connectivity index (χ4v) is 1.62. The summed E-state index contributed by atoms with van der Waals surface area (Å²) in [7, 11) is 1.73. The van der Waals surface area contributed by atoms with Gasteiger partial charge in [-0.05, 0) is 19.3 Å². The molecule has 1 saturated carbocycles. The van der Waals surface area contributed by atoms with Crippen LogP contribution in [0.25, 0.3) is 0 Å². The van der Waals surface area contributed by atoms with Crippen molar-refractivity contribution in [1.82, 2.24) is 5.32 Å². The zero-order valence-corrected chi connectivity index (χ0v) is 7.80. The van der Waals surface area contributed by atoms with E-state index in [9.17, 15) is 4.79 Å². The zero-order valence-electron chi connectivity index (χ0n) is 7.80. The highest BCUT2D eigenvalue weighted by Gasteiger charge is 2.24. The Labute approximate surface area is 73.5 Å². The quantitative estimate of drug-likeness (QED) is 0.690. The van der Waals surface area contributed by atoms with E-state index in [1.54, 1.807) is 7.11 Å². The van der Waals surface area contributed by atoms with Crippen molar-refractivity contribution >= 4 is 5.91 Å². The monoisotopic (exact) mass is 171 g/mol. The van der Waals surface area contributed by atoms with Gasteiger partial charge in [-0.15, -0.1) is 0 Å². The zero-order chi connectivity index (χ0) is 8.97. The second kappa shape index (κ2) is 4.45. The van der Waals surface area contributed by atoms with E-state index in [0.717, 1.165) is 19.3 Å². The molecule has 12 heavy (non-hydrogen) atoms. The van der Waals surface area contributed by atoms with Gasteiger partial charge in [-0.25, -0.2) is 0 Å². The number of methoxy groups -OCH3 is 1. The van der Waals surface area contributed by atoms with Gasteiger partial charge < -0.3 is 10.1 Å². The van der Waals surface area contributed by atoms with Crippen LogP contribution in [0.15, 0.2) is 0 Å². The van der Waals surface area contributed by atoms with Crippen LogP contribution in [0.5, 0.6) is 0 Å². The topological polar surface area (TPSA) is 38.3 Å². The van der Waals surface area contributed by atoms with E-state index in [4.69, 9.17) is 4.74 Å². The molecule has 0 aromatic heterocycles. The third-order valence-corrected chi connectivity index (χ3v) is 2.40. The van der Waals surface area contributed by atoms with Crippen LogP contribution in [0.2, 0.25) is 0 Å². The van der Waals surface area contributed by atoms with Crippen molar-refractivity contribution in [3.8, 4) is 0 Å². The third kappa shape index (κ3) is 2.48. The smallest absolute Gasteiger partial charge is 0.219 e. The van der Waals surface area contributed by atoms with Crippen molar-refractivity contribution in [3.05, 3.63) is 0 Å². The average molecular weight is 171 g/mol. The molecule has 70 valence electrons. The predicted octanol–water partition coefficient (Wildman–Crippen LogP) is 1.08. The molecule has 1 rings (SSSR count). The normalized spacial score (nSPS) is 28.8. The van der Waals surface area contributed by atoms with Gasteiger partial charge >= 0.3 is 0 Å². The van der Waals surface area contributed by atoms with Crippen molar-refractivity contribution in [2.75, 3.05) is 7.11 Å². The number of hydrogen-bond acceptors (Lipinski definition) is 2. The first-order valence-corrected chi connectivity index (χ1v) is 4.58. The summed E-state index contributed by atoms with van der Waals surface area (Å²) in [5.74, 6) is 0.150. The Kier molecular flexibility index (Phi) is 3.53. The predicted molar refractivity (Wildman–Crippen MR) is 46.9 cm³/mol. The molecule has 0 aromatic rings. The van der Waals surface area contributed by atoms with Crippen LogP contribution < -0.4 is 5.32 Å². The SMILES string of the molecule is CCC(=O)N[C@H]1CC[C@H](OC)C1. The highest BCUT2D eigenvalue weighted by molar-refractivity contribution is 5.75. The van der Waals surface area contributed by atoms with Crippen LogP contribution in [-0.4, -0.2) is 25.2 Å². The van der Waals surface area contributed by atoms with Crippen molar-refractivity contribution in [3.63, 3.8) is 0 Å². The molecule has 0 unspecified atom stereocenters. The van der Waals surface area contributed by atoms with Gasteiger partial charge in [0.1, 0.15) is 0 Å². The Hall–Kier alpha value is -0.570. The Balaban J connectivity index is 2.23. The van der Waals surface area contributed by atoms with Crippen molar-refractivity contribution in [1.29, 1.82) is 0 Å². The number of amides is 1. The van der Waals surface area contributed by atoms with Crippen LogP contribution in [-0.2, 0) is 9.53 Å². The van der Waals surface area contributed by atoms with Crippen LogP contribution in [0.4, 0.5) is 0 Å². The number of hydrogen-bond donors (Lipinski definition) is 1. The maximum atomic E-state index is 11.0. The highest BCUT2D eigenvalue weighted by atomic mass is 16.5. The molecule has 1 N–H and O–H groups in total. The van der Waals surface area contributed by atoms with Crippen molar-refractivity contribution < 1.29 is 9.53 Å². The molecular formula is C9H17NO2. The Bertz CT molecular complexity index is 159. The number of carbonyl (C=O) groups excluding carboxylic acids is 1. The molecule has 0 heterocycles. The number of ether oxygens (including phenoxy) is 1. The summed E-state index contributed by atoms with van der Waals surface area (Å²) in [5.41, 5.74) is 0. The van der Waals surface area contributed by atoms with Gasteiger partial charge in [0, 0.05) is 19.6 Å². The number of nitrogens with one attached hydrogen (secondary N) is 1. The molecule has 0 aliphatic heterocycles. The molecule has 3 nitrogen and oxygen atoms in total. The lowest BCUT2D eigenvalue weighted by Crippen LogP contribution is -2.32. The molecule has 3 heteroatoms. The molecule has 1 fully saturated rings. The van der Waals surface area contributed by atoms with Crippen LogP contribution in [0.3, 0.4) is 0 Å². The second-order valence-electron chi connectivity index (χ2n) is 3.29. The molecule has 1 amide bonds. The second-order valence-corrected chi connectivity index (χ2v) is 3.29. The summed E-state index contributed by atoms with van der Waals surface area (Å²) in [6.45, 7) is 1.87. The molecule has 0 bridgehead atoms. The third-order valence-electron chi connectivity index (χ3n) is 2.40. The van der Waals surface area contributed by atoms with E-state index in [2.05, 4.69) is 5.32 Å². The summed E-state index contributed by atoms with van der Waals surface area (Å²) < 4.78 is 5.21. The summed E-state index contributed by atoms with van der Waals surface area (Å²) in [6.07, 6.45) is 4.04. The first-order chi connectivity index (χ1) is 5.76. The maximum Gasteiger partial charge on any atom is 0.219 e. The average Bonchev–Trinajstić information content (AvgIpc) is 2.52. The van der Waals surface area contributed by atoms with Crippen molar-refractivity contribution in [2.45, 2.75) is 44.8 Å². The lowest BCUT2D eigenvalue weighted by atomic mass is 10.2. The molecule has 0 aromatic carbocycles. The summed E-state index contributed by atoms with van der Waals surface area (Å²) in [6, 6.07) is 0.349. The Morgan fingerprint density at radius 1 is 1.58 bits per heavy atom. The van der Waals surface area contributed by atoms with E-state index >= 15 is 0 Å². The van der Waals surface area contributed by atoms with E-state index in [-0.39, 0.29) is 5.91 Å². The summed E-state index contributed by atoms with van der Waals surface area (Å²) in [5, 5.41) is 2.97. The molecule has 0 spiro atoms. The number of carbonyl (C=O) groups is 1. The first kappa shape index (κ1) is 9.52. The Morgan fingerprint density at radius 2 is 2.33 bits per heavy atom. The van der Waals surface area contributed by atoms with Gasteiger partial charge in [-0.2, -0.15) is 0 Å².